The van der Waals surface area contributed by atoms with Gasteiger partial charge in [-0.25, -0.2) is 15.0 Å². The molecule has 0 spiro atoms. The Balaban J connectivity index is 1.54. The smallest absolute Gasteiger partial charge is 0.136 e. The second-order valence-electron chi connectivity index (χ2n) is 6.48. The summed E-state index contributed by atoms with van der Waals surface area (Å²) in [4.78, 5) is 16.0. The van der Waals surface area contributed by atoms with E-state index in [4.69, 9.17) is 0 Å². The average molecular weight is 334 g/mol. The summed E-state index contributed by atoms with van der Waals surface area (Å²) in [5.74, 6) is 4.17. The average Bonchev–Trinajstić information content (AvgIpc) is 3.24. The van der Waals surface area contributed by atoms with Gasteiger partial charge in [0.05, 0.1) is 0 Å². The molecule has 3 heterocycles. The van der Waals surface area contributed by atoms with E-state index in [1.165, 1.54) is 0 Å². The van der Waals surface area contributed by atoms with E-state index >= 15 is 0 Å². The van der Waals surface area contributed by atoms with Crippen molar-refractivity contribution in [2.24, 2.45) is 7.05 Å². The molecule has 1 saturated heterocycles. The van der Waals surface area contributed by atoms with Crippen molar-refractivity contribution in [1.29, 1.82) is 0 Å². The number of hydrogen-bond donors (Lipinski definition) is 1. The molecule has 3 aromatic rings. The van der Waals surface area contributed by atoms with Crippen LogP contribution in [0.5, 0.6) is 0 Å². The molecule has 1 aromatic carbocycles. The predicted octanol–water partition coefficient (Wildman–Crippen LogP) is 3.26. The van der Waals surface area contributed by atoms with Gasteiger partial charge in [0.15, 0.2) is 0 Å². The lowest BCUT2D eigenvalue weighted by molar-refractivity contribution is 0.665. The van der Waals surface area contributed by atoms with Gasteiger partial charge in [0.2, 0.25) is 0 Å². The van der Waals surface area contributed by atoms with E-state index in [-0.39, 0.29) is 0 Å². The summed E-state index contributed by atoms with van der Waals surface area (Å²) in [6.07, 6.45) is 4.97. The third kappa shape index (κ3) is 3.33. The quantitative estimate of drug-likeness (QED) is 0.793. The second-order valence-corrected chi connectivity index (χ2v) is 6.48. The van der Waals surface area contributed by atoms with Crippen molar-refractivity contribution >= 4 is 17.3 Å². The van der Waals surface area contributed by atoms with E-state index in [0.717, 1.165) is 48.5 Å². The molecule has 1 atom stereocenters. The molecule has 0 saturated carbocycles. The van der Waals surface area contributed by atoms with Crippen LogP contribution in [0.15, 0.2) is 48.8 Å². The number of benzene rings is 1. The topological polar surface area (TPSA) is 58.9 Å². The highest BCUT2D eigenvalue weighted by atomic mass is 15.2. The minimum Gasteiger partial charge on any atom is -0.356 e. The maximum absolute atomic E-state index is 4.64. The van der Waals surface area contributed by atoms with E-state index in [0.29, 0.717) is 5.92 Å². The Morgan fingerprint density at radius 2 is 2.00 bits per heavy atom. The van der Waals surface area contributed by atoms with Gasteiger partial charge < -0.3 is 14.8 Å². The van der Waals surface area contributed by atoms with Crippen molar-refractivity contribution in [2.45, 2.75) is 19.3 Å². The van der Waals surface area contributed by atoms with Crippen molar-refractivity contribution in [2.75, 3.05) is 23.3 Å². The molecule has 25 heavy (non-hydrogen) atoms. The first-order valence-electron chi connectivity index (χ1n) is 8.59. The zero-order chi connectivity index (χ0) is 17.2. The lowest BCUT2D eigenvalue weighted by atomic mass is 10.1. The van der Waals surface area contributed by atoms with E-state index < -0.39 is 0 Å². The first-order chi connectivity index (χ1) is 12.2. The number of anilines is 3. The van der Waals surface area contributed by atoms with Gasteiger partial charge >= 0.3 is 0 Å². The maximum Gasteiger partial charge on any atom is 0.136 e. The summed E-state index contributed by atoms with van der Waals surface area (Å²) >= 11 is 0. The van der Waals surface area contributed by atoms with Gasteiger partial charge in [-0.05, 0) is 25.5 Å². The molecule has 0 radical (unpaired) electrons. The van der Waals surface area contributed by atoms with Gasteiger partial charge in [0.1, 0.15) is 23.3 Å². The van der Waals surface area contributed by atoms with Crippen LogP contribution in [0.2, 0.25) is 0 Å². The molecule has 1 aliphatic heterocycles. The van der Waals surface area contributed by atoms with Crippen molar-refractivity contribution in [3.63, 3.8) is 0 Å². The Morgan fingerprint density at radius 3 is 2.76 bits per heavy atom. The highest BCUT2D eigenvalue weighted by molar-refractivity contribution is 5.59. The highest BCUT2D eigenvalue weighted by Gasteiger charge is 2.27. The molecule has 4 rings (SSSR count). The summed E-state index contributed by atoms with van der Waals surface area (Å²) in [6.45, 7) is 3.86. The first kappa shape index (κ1) is 15.6. The van der Waals surface area contributed by atoms with Crippen molar-refractivity contribution in [1.82, 2.24) is 19.5 Å². The van der Waals surface area contributed by atoms with Crippen LogP contribution in [-0.4, -0.2) is 32.6 Å². The number of rotatable bonds is 4. The Bertz CT molecular complexity index is 857. The summed E-state index contributed by atoms with van der Waals surface area (Å²) < 4.78 is 2.11. The Kier molecular flexibility index (Phi) is 4.09. The summed E-state index contributed by atoms with van der Waals surface area (Å²) in [6, 6.07) is 12.1. The molecule has 128 valence electrons. The molecule has 0 bridgehead atoms. The number of imidazole rings is 1. The normalized spacial score (nSPS) is 17.0. The van der Waals surface area contributed by atoms with E-state index in [1.54, 1.807) is 0 Å². The lowest BCUT2D eigenvalue weighted by Gasteiger charge is -2.19. The molecule has 0 aliphatic carbocycles. The Labute approximate surface area is 147 Å². The molecule has 6 nitrogen and oxygen atoms in total. The Hall–Kier alpha value is -2.89. The number of para-hydroxylation sites is 1. The van der Waals surface area contributed by atoms with Gasteiger partial charge in [-0.3, -0.25) is 0 Å². The third-order valence-electron chi connectivity index (χ3n) is 4.61. The van der Waals surface area contributed by atoms with Gasteiger partial charge in [0, 0.05) is 50.2 Å². The minimum absolute atomic E-state index is 0.445. The first-order valence-corrected chi connectivity index (χ1v) is 8.59. The van der Waals surface area contributed by atoms with Crippen LogP contribution < -0.4 is 10.2 Å². The third-order valence-corrected chi connectivity index (χ3v) is 4.61. The number of aromatic nitrogens is 4. The molecule has 2 aromatic heterocycles. The number of nitrogens with zero attached hydrogens (tertiary/aromatic N) is 5. The van der Waals surface area contributed by atoms with E-state index in [2.05, 4.69) is 36.8 Å². The SMILES string of the molecule is Cc1nc(Nc2ccccc2)cc(N2CCC(c3nccn3C)C2)n1. The standard InChI is InChI=1S/C19H22N6/c1-14-21-17(23-16-6-4-3-5-7-16)12-18(22-14)25-10-8-15(13-25)19-20-9-11-24(19)2/h3-7,9,11-12,15H,8,10,13H2,1-2H3,(H,21,22,23). The molecule has 1 aliphatic rings. The Morgan fingerprint density at radius 1 is 1.16 bits per heavy atom. The van der Waals surface area contributed by atoms with Crippen LogP contribution in [-0.2, 0) is 7.05 Å². The summed E-state index contributed by atoms with van der Waals surface area (Å²) in [5.41, 5.74) is 1.03. The fraction of sp³-hybridized carbons (Fsp3) is 0.316. The summed E-state index contributed by atoms with van der Waals surface area (Å²) in [5, 5.41) is 3.36. The van der Waals surface area contributed by atoms with E-state index in [1.807, 2.05) is 55.7 Å². The summed E-state index contributed by atoms with van der Waals surface area (Å²) in [7, 11) is 2.06. The van der Waals surface area contributed by atoms with Crippen LogP contribution in [0.1, 0.15) is 24.0 Å². The largest absolute Gasteiger partial charge is 0.356 e. The molecule has 1 unspecified atom stereocenters. The van der Waals surface area contributed by atoms with Crippen molar-refractivity contribution in [3.05, 3.63) is 60.4 Å². The second kappa shape index (κ2) is 6.55. The molecule has 1 N–H and O–H groups in total. The fourth-order valence-electron chi connectivity index (χ4n) is 3.40. The van der Waals surface area contributed by atoms with E-state index in [9.17, 15) is 0 Å². The van der Waals surface area contributed by atoms with Gasteiger partial charge in [-0.15, -0.1) is 0 Å². The minimum atomic E-state index is 0.445. The number of aryl methyl sites for hydroxylation is 2. The highest BCUT2D eigenvalue weighted by Crippen LogP contribution is 2.30. The maximum atomic E-state index is 4.64. The van der Waals surface area contributed by atoms with Crippen LogP contribution in [0.25, 0.3) is 0 Å². The van der Waals surface area contributed by atoms with Crippen LogP contribution >= 0.6 is 0 Å². The lowest BCUT2D eigenvalue weighted by Crippen LogP contribution is -2.21. The zero-order valence-electron chi connectivity index (χ0n) is 14.6. The van der Waals surface area contributed by atoms with Gasteiger partial charge in [-0.1, -0.05) is 18.2 Å². The van der Waals surface area contributed by atoms with Crippen molar-refractivity contribution < 1.29 is 0 Å². The van der Waals surface area contributed by atoms with Crippen LogP contribution in [0.4, 0.5) is 17.3 Å². The number of hydrogen-bond acceptors (Lipinski definition) is 5. The predicted molar refractivity (Wildman–Crippen MR) is 99.3 cm³/mol. The van der Waals surface area contributed by atoms with Crippen LogP contribution in [0, 0.1) is 6.92 Å². The number of nitrogens with one attached hydrogen (secondary N) is 1. The molecular formula is C19H22N6. The molecule has 0 amide bonds. The monoisotopic (exact) mass is 334 g/mol. The molecule has 1 fully saturated rings. The zero-order valence-corrected chi connectivity index (χ0v) is 14.6. The van der Waals surface area contributed by atoms with Crippen molar-refractivity contribution in [3.8, 4) is 0 Å². The van der Waals surface area contributed by atoms with Crippen LogP contribution in [0.3, 0.4) is 0 Å². The van der Waals surface area contributed by atoms with Gasteiger partial charge in [-0.2, -0.15) is 0 Å². The molecule has 6 heteroatoms. The molecular weight excluding hydrogens is 312 g/mol. The van der Waals surface area contributed by atoms with Gasteiger partial charge in [0.25, 0.3) is 0 Å². The fourth-order valence-corrected chi connectivity index (χ4v) is 3.40.